The minimum atomic E-state index is -0.922. The Labute approximate surface area is 95.1 Å². The third-order valence-corrected chi connectivity index (χ3v) is 3.62. The summed E-state index contributed by atoms with van der Waals surface area (Å²) in [5, 5.41) is 16.0. The van der Waals surface area contributed by atoms with Crippen LogP contribution in [0, 0.1) is 5.92 Å². The number of rotatable bonds is 2. The minimum Gasteiger partial charge on any atom is -0.476 e. The summed E-state index contributed by atoms with van der Waals surface area (Å²) in [5.74, 6) is 0.323. The second-order valence-electron chi connectivity index (χ2n) is 5.03. The zero-order chi connectivity index (χ0) is 11.9. The Balaban J connectivity index is 2.49. The summed E-state index contributed by atoms with van der Waals surface area (Å²) in [6.45, 7) is 6.43. The lowest BCUT2D eigenvalue weighted by atomic mass is 9.76. The number of nitrogens with zero attached hydrogens (tertiary/aromatic N) is 1. The number of aromatic carboxylic acids is 1. The number of fused-ring (bicyclic) bond motifs is 1. The Hall–Kier alpha value is -1.32. The lowest BCUT2D eigenvalue weighted by molar-refractivity contribution is 0.0688. The molecule has 88 valence electrons. The van der Waals surface area contributed by atoms with Crippen LogP contribution in [0.3, 0.4) is 0 Å². The maximum atomic E-state index is 11.1. The summed E-state index contributed by atoms with van der Waals surface area (Å²) < 4.78 is 0. The fourth-order valence-corrected chi connectivity index (χ4v) is 2.69. The molecule has 0 aromatic carbocycles. The molecule has 0 bridgehead atoms. The van der Waals surface area contributed by atoms with Gasteiger partial charge in [0.05, 0.1) is 0 Å². The Bertz CT molecular complexity index is 409. The van der Waals surface area contributed by atoms with Gasteiger partial charge in [0.2, 0.25) is 0 Å². The van der Waals surface area contributed by atoms with E-state index >= 15 is 0 Å². The summed E-state index contributed by atoms with van der Waals surface area (Å²) in [5.41, 5.74) is 2.19. The van der Waals surface area contributed by atoms with E-state index in [4.69, 9.17) is 5.11 Å². The van der Waals surface area contributed by atoms with Crippen molar-refractivity contribution in [3.05, 3.63) is 17.0 Å². The molecule has 0 amide bonds. The van der Waals surface area contributed by atoms with Crippen LogP contribution in [0.1, 0.15) is 67.2 Å². The lowest BCUT2D eigenvalue weighted by Crippen LogP contribution is -2.18. The summed E-state index contributed by atoms with van der Waals surface area (Å²) in [6, 6.07) is 0. The maximum Gasteiger partial charge on any atom is 0.356 e. The van der Waals surface area contributed by atoms with Crippen LogP contribution in [-0.4, -0.2) is 21.3 Å². The molecule has 0 aliphatic heterocycles. The van der Waals surface area contributed by atoms with Gasteiger partial charge in [0, 0.05) is 17.2 Å². The summed E-state index contributed by atoms with van der Waals surface area (Å²) >= 11 is 0. The number of nitrogens with one attached hydrogen (secondary N) is 1. The number of H-pyrrole nitrogens is 1. The normalized spacial score (nSPS) is 24.5. The average Bonchev–Trinajstić information content (AvgIpc) is 2.62. The van der Waals surface area contributed by atoms with Gasteiger partial charge in [0.1, 0.15) is 0 Å². The zero-order valence-electron chi connectivity index (χ0n) is 9.95. The van der Waals surface area contributed by atoms with Gasteiger partial charge in [0.15, 0.2) is 5.69 Å². The molecule has 0 spiro atoms. The first-order valence-corrected chi connectivity index (χ1v) is 5.83. The van der Waals surface area contributed by atoms with Gasteiger partial charge >= 0.3 is 5.97 Å². The molecule has 1 aliphatic rings. The van der Waals surface area contributed by atoms with Gasteiger partial charge in [-0.1, -0.05) is 20.8 Å². The number of hydrogen-bond acceptors (Lipinski definition) is 2. The van der Waals surface area contributed by atoms with Crippen molar-refractivity contribution in [2.24, 2.45) is 5.92 Å². The summed E-state index contributed by atoms with van der Waals surface area (Å²) in [6.07, 6.45) is 2.17. The Morgan fingerprint density at radius 3 is 2.75 bits per heavy atom. The molecule has 4 heteroatoms. The highest BCUT2D eigenvalue weighted by Gasteiger charge is 2.33. The van der Waals surface area contributed by atoms with Crippen LogP contribution < -0.4 is 0 Å². The molecule has 16 heavy (non-hydrogen) atoms. The molecule has 0 radical (unpaired) electrons. The van der Waals surface area contributed by atoms with Crippen LogP contribution in [0.2, 0.25) is 0 Å². The maximum absolute atomic E-state index is 11.1. The van der Waals surface area contributed by atoms with Gasteiger partial charge in [-0.15, -0.1) is 0 Å². The highest BCUT2D eigenvalue weighted by Crippen LogP contribution is 2.42. The molecule has 1 aromatic rings. The van der Waals surface area contributed by atoms with Crippen molar-refractivity contribution in [2.45, 2.75) is 45.4 Å². The molecule has 2 rings (SSSR count). The molecular formula is C12H18N2O2. The van der Waals surface area contributed by atoms with Gasteiger partial charge in [-0.05, 0) is 24.7 Å². The topological polar surface area (TPSA) is 66.0 Å². The SMILES string of the molecule is CC1CCC(C(C)C)c2[nH]nc(C(=O)O)c21. The Morgan fingerprint density at radius 1 is 1.50 bits per heavy atom. The molecule has 1 aromatic heterocycles. The van der Waals surface area contributed by atoms with E-state index in [1.807, 2.05) is 0 Å². The molecule has 0 saturated carbocycles. The van der Waals surface area contributed by atoms with Crippen LogP contribution >= 0.6 is 0 Å². The van der Waals surface area contributed by atoms with Crippen LogP contribution in [0.15, 0.2) is 0 Å². The smallest absolute Gasteiger partial charge is 0.356 e. The summed E-state index contributed by atoms with van der Waals surface area (Å²) in [7, 11) is 0. The second-order valence-corrected chi connectivity index (χ2v) is 5.03. The van der Waals surface area contributed by atoms with Gasteiger partial charge in [0.25, 0.3) is 0 Å². The van der Waals surface area contributed by atoms with E-state index in [9.17, 15) is 4.79 Å². The number of carboxylic acids is 1. The monoisotopic (exact) mass is 222 g/mol. The third-order valence-electron chi connectivity index (χ3n) is 3.62. The molecule has 1 heterocycles. The number of carboxylic acid groups (broad SMARTS) is 1. The molecule has 2 N–H and O–H groups in total. The highest BCUT2D eigenvalue weighted by atomic mass is 16.4. The highest BCUT2D eigenvalue weighted by molar-refractivity contribution is 5.87. The van der Waals surface area contributed by atoms with Crippen molar-refractivity contribution in [1.82, 2.24) is 10.2 Å². The predicted molar refractivity (Wildman–Crippen MR) is 60.8 cm³/mol. The number of aromatic nitrogens is 2. The fraction of sp³-hybridized carbons (Fsp3) is 0.667. The standard InChI is InChI=1S/C12H18N2O2/c1-6(2)8-5-4-7(3)9-10(8)13-14-11(9)12(15)16/h6-8H,4-5H2,1-3H3,(H,13,14)(H,15,16). The van der Waals surface area contributed by atoms with Crippen LogP contribution in [0.25, 0.3) is 0 Å². The van der Waals surface area contributed by atoms with Gasteiger partial charge in [-0.3, -0.25) is 5.10 Å². The zero-order valence-corrected chi connectivity index (χ0v) is 9.95. The molecule has 0 saturated heterocycles. The van der Waals surface area contributed by atoms with E-state index in [1.54, 1.807) is 0 Å². The summed E-state index contributed by atoms with van der Waals surface area (Å²) in [4.78, 5) is 11.1. The average molecular weight is 222 g/mol. The quantitative estimate of drug-likeness (QED) is 0.808. The van der Waals surface area contributed by atoms with E-state index in [-0.39, 0.29) is 5.69 Å². The van der Waals surface area contributed by atoms with E-state index in [0.717, 1.165) is 24.1 Å². The van der Waals surface area contributed by atoms with Gasteiger partial charge in [-0.25, -0.2) is 4.79 Å². The molecule has 2 unspecified atom stereocenters. The van der Waals surface area contributed by atoms with E-state index < -0.39 is 5.97 Å². The van der Waals surface area contributed by atoms with E-state index in [1.165, 1.54) is 0 Å². The molecule has 0 fully saturated rings. The van der Waals surface area contributed by atoms with Crippen LogP contribution in [0.4, 0.5) is 0 Å². The van der Waals surface area contributed by atoms with Crippen LogP contribution in [-0.2, 0) is 0 Å². The molecular weight excluding hydrogens is 204 g/mol. The first kappa shape index (κ1) is 11.2. The van der Waals surface area contributed by atoms with Gasteiger partial charge in [-0.2, -0.15) is 5.10 Å². The van der Waals surface area contributed by atoms with Crippen LogP contribution in [0.5, 0.6) is 0 Å². The van der Waals surface area contributed by atoms with Crippen molar-refractivity contribution in [3.63, 3.8) is 0 Å². The Morgan fingerprint density at radius 2 is 2.19 bits per heavy atom. The molecule has 1 aliphatic carbocycles. The number of carbonyl (C=O) groups is 1. The largest absolute Gasteiger partial charge is 0.476 e. The fourth-order valence-electron chi connectivity index (χ4n) is 2.69. The number of aromatic amines is 1. The van der Waals surface area contributed by atoms with E-state index in [0.29, 0.717) is 17.8 Å². The van der Waals surface area contributed by atoms with Crippen molar-refractivity contribution in [2.75, 3.05) is 0 Å². The van der Waals surface area contributed by atoms with Crippen molar-refractivity contribution in [3.8, 4) is 0 Å². The van der Waals surface area contributed by atoms with Crippen molar-refractivity contribution in [1.29, 1.82) is 0 Å². The Kier molecular flexibility index (Phi) is 2.74. The lowest BCUT2D eigenvalue weighted by Gasteiger charge is -2.29. The van der Waals surface area contributed by atoms with Crippen molar-refractivity contribution >= 4 is 5.97 Å². The molecule has 4 nitrogen and oxygen atoms in total. The minimum absolute atomic E-state index is 0.216. The number of hydrogen-bond donors (Lipinski definition) is 2. The predicted octanol–water partition coefficient (Wildman–Crippen LogP) is 2.74. The third kappa shape index (κ3) is 1.62. The van der Waals surface area contributed by atoms with Gasteiger partial charge < -0.3 is 5.11 Å². The van der Waals surface area contributed by atoms with Crippen molar-refractivity contribution < 1.29 is 9.90 Å². The van der Waals surface area contributed by atoms with E-state index in [2.05, 4.69) is 31.0 Å². The second kappa shape index (κ2) is 3.92. The first-order valence-electron chi connectivity index (χ1n) is 5.83. The first-order chi connectivity index (χ1) is 7.52. The molecule has 2 atom stereocenters.